The lowest BCUT2D eigenvalue weighted by Gasteiger charge is -2.12. The van der Waals surface area contributed by atoms with Crippen LogP contribution in [0.4, 0.5) is 5.69 Å². The average Bonchev–Trinajstić information content (AvgIpc) is 2.64. The molecule has 0 bridgehead atoms. The number of hydrogen-bond donors (Lipinski definition) is 1. The van der Waals surface area contributed by atoms with E-state index in [0.717, 1.165) is 35.0 Å². The summed E-state index contributed by atoms with van der Waals surface area (Å²) < 4.78 is 6.13. The van der Waals surface area contributed by atoms with Gasteiger partial charge in [-0.05, 0) is 70.6 Å². The Morgan fingerprint density at radius 3 is 2.38 bits per heavy atom. The van der Waals surface area contributed by atoms with Crippen molar-refractivity contribution in [2.75, 3.05) is 32.6 Å². The van der Waals surface area contributed by atoms with Crippen molar-refractivity contribution in [1.29, 1.82) is 0 Å². The van der Waals surface area contributed by atoms with E-state index in [0.29, 0.717) is 13.0 Å². The highest BCUT2D eigenvalue weighted by molar-refractivity contribution is 9.10. The zero-order valence-electron chi connectivity index (χ0n) is 15.7. The SMILES string of the molecule is COc1ccc(CCC(=O)NCCCc2ccc(N(C)C)cc2)cc1Br. The van der Waals surface area contributed by atoms with E-state index in [2.05, 4.69) is 50.4 Å². The maximum Gasteiger partial charge on any atom is 0.220 e. The second kappa shape index (κ2) is 10.2. The molecule has 0 spiro atoms. The first kappa shape index (κ1) is 20.3. The van der Waals surface area contributed by atoms with Crippen LogP contribution in [-0.4, -0.2) is 33.7 Å². The summed E-state index contributed by atoms with van der Waals surface area (Å²) in [4.78, 5) is 14.1. The monoisotopic (exact) mass is 418 g/mol. The topological polar surface area (TPSA) is 41.6 Å². The Labute approximate surface area is 164 Å². The number of rotatable bonds is 9. The third kappa shape index (κ3) is 6.37. The molecule has 2 rings (SSSR count). The van der Waals surface area contributed by atoms with Crippen molar-refractivity contribution in [1.82, 2.24) is 5.32 Å². The highest BCUT2D eigenvalue weighted by atomic mass is 79.9. The Morgan fingerprint density at radius 2 is 1.77 bits per heavy atom. The Bertz CT molecular complexity index is 714. The van der Waals surface area contributed by atoms with Crippen molar-refractivity contribution in [3.05, 3.63) is 58.1 Å². The quantitative estimate of drug-likeness (QED) is 0.620. The number of benzene rings is 2. The number of nitrogens with zero attached hydrogens (tertiary/aromatic N) is 1. The number of nitrogens with one attached hydrogen (secondary N) is 1. The number of ether oxygens (including phenoxy) is 1. The third-order valence-electron chi connectivity index (χ3n) is 4.27. The molecule has 1 N–H and O–H groups in total. The number of anilines is 1. The second-order valence-electron chi connectivity index (χ2n) is 6.48. The molecule has 4 nitrogen and oxygen atoms in total. The van der Waals surface area contributed by atoms with Gasteiger partial charge in [-0.15, -0.1) is 0 Å². The van der Waals surface area contributed by atoms with Gasteiger partial charge in [-0.1, -0.05) is 18.2 Å². The molecule has 0 unspecified atom stereocenters. The van der Waals surface area contributed by atoms with E-state index >= 15 is 0 Å². The summed E-state index contributed by atoms with van der Waals surface area (Å²) in [7, 11) is 5.72. The first-order valence-electron chi connectivity index (χ1n) is 8.85. The summed E-state index contributed by atoms with van der Waals surface area (Å²) in [5.74, 6) is 0.900. The van der Waals surface area contributed by atoms with Gasteiger partial charge in [0, 0.05) is 32.7 Å². The van der Waals surface area contributed by atoms with E-state index in [1.165, 1.54) is 11.3 Å². The fraction of sp³-hybridized carbons (Fsp3) is 0.381. The lowest BCUT2D eigenvalue weighted by Crippen LogP contribution is -2.25. The van der Waals surface area contributed by atoms with Crippen LogP contribution in [0, 0.1) is 0 Å². The van der Waals surface area contributed by atoms with Crippen LogP contribution in [0.1, 0.15) is 24.0 Å². The van der Waals surface area contributed by atoms with Gasteiger partial charge in [0.05, 0.1) is 11.6 Å². The summed E-state index contributed by atoms with van der Waals surface area (Å²) in [5, 5.41) is 3.01. The predicted molar refractivity (Wildman–Crippen MR) is 111 cm³/mol. The summed E-state index contributed by atoms with van der Waals surface area (Å²) in [6.07, 6.45) is 3.14. The lowest BCUT2D eigenvalue weighted by atomic mass is 10.1. The molecule has 26 heavy (non-hydrogen) atoms. The minimum Gasteiger partial charge on any atom is -0.496 e. The second-order valence-corrected chi connectivity index (χ2v) is 7.34. The first-order valence-corrected chi connectivity index (χ1v) is 9.64. The number of aryl methyl sites for hydroxylation is 2. The van der Waals surface area contributed by atoms with Gasteiger partial charge in [-0.3, -0.25) is 4.79 Å². The van der Waals surface area contributed by atoms with E-state index < -0.39 is 0 Å². The van der Waals surface area contributed by atoms with Crippen LogP contribution < -0.4 is 15.0 Å². The summed E-state index contributed by atoms with van der Waals surface area (Å²) in [6.45, 7) is 0.709. The smallest absolute Gasteiger partial charge is 0.220 e. The Morgan fingerprint density at radius 1 is 1.08 bits per heavy atom. The molecule has 0 aliphatic carbocycles. The van der Waals surface area contributed by atoms with E-state index in [9.17, 15) is 4.79 Å². The van der Waals surface area contributed by atoms with Crippen molar-refractivity contribution in [3.8, 4) is 5.75 Å². The van der Waals surface area contributed by atoms with Gasteiger partial charge in [0.2, 0.25) is 5.91 Å². The van der Waals surface area contributed by atoms with Crippen LogP contribution >= 0.6 is 15.9 Å². The Balaban J connectivity index is 1.66. The standard InChI is InChI=1S/C21H27BrN2O2/c1-24(2)18-10-6-16(7-11-18)5-4-14-23-21(25)13-9-17-8-12-20(26-3)19(22)15-17/h6-8,10-12,15H,4-5,9,13-14H2,1-3H3,(H,23,25). The molecule has 0 saturated carbocycles. The van der Waals surface area contributed by atoms with E-state index in [1.807, 2.05) is 32.3 Å². The minimum atomic E-state index is 0.0971. The zero-order chi connectivity index (χ0) is 18.9. The van der Waals surface area contributed by atoms with Crippen LogP contribution in [0.5, 0.6) is 5.75 Å². The Hall–Kier alpha value is -2.01. The molecule has 0 saturated heterocycles. The molecule has 0 fully saturated rings. The van der Waals surface area contributed by atoms with Crippen LogP contribution in [0.25, 0.3) is 0 Å². The van der Waals surface area contributed by atoms with Crippen molar-refractivity contribution in [2.45, 2.75) is 25.7 Å². The molecule has 0 aliphatic heterocycles. The number of carbonyl (C=O) groups is 1. The van der Waals surface area contributed by atoms with Crippen LogP contribution in [0.15, 0.2) is 46.9 Å². The lowest BCUT2D eigenvalue weighted by molar-refractivity contribution is -0.121. The number of carbonyl (C=O) groups excluding carboxylic acids is 1. The van der Waals surface area contributed by atoms with Gasteiger partial charge in [0.1, 0.15) is 5.75 Å². The van der Waals surface area contributed by atoms with Crippen molar-refractivity contribution >= 4 is 27.5 Å². The van der Waals surface area contributed by atoms with Gasteiger partial charge in [0.25, 0.3) is 0 Å². The summed E-state index contributed by atoms with van der Waals surface area (Å²) in [6, 6.07) is 14.5. The fourth-order valence-corrected chi connectivity index (χ4v) is 3.28. The molecule has 1 amide bonds. The average molecular weight is 419 g/mol. The molecule has 140 valence electrons. The highest BCUT2D eigenvalue weighted by Crippen LogP contribution is 2.25. The summed E-state index contributed by atoms with van der Waals surface area (Å²) in [5.41, 5.74) is 3.62. The third-order valence-corrected chi connectivity index (χ3v) is 4.89. The normalized spacial score (nSPS) is 10.5. The molecule has 0 heterocycles. The zero-order valence-corrected chi connectivity index (χ0v) is 17.3. The van der Waals surface area contributed by atoms with Crippen molar-refractivity contribution < 1.29 is 9.53 Å². The molecular weight excluding hydrogens is 392 g/mol. The maximum atomic E-state index is 12.0. The minimum absolute atomic E-state index is 0.0971. The molecule has 5 heteroatoms. The Kier molecular flexibility index (Phi) is 7.98. The van der Waals surface area contributed by atoms with Gasteiger partial charge >= 0.3 is 0 Å². The first-order chi connectivity index (χ1) is 12.5. The van der Waals surface area contributed by atoms with Gasteiger partial charge in [-0.2, -0.15) is 0 Å². The predicted octanol–water partition coefficient (Wildman–Crippen LogP) is 4.21. The van der Waals surface area contributed by atoms with Crippen LogP contribution in [-0.2, 0) is 17.6 Å². The van der Waals surface area contributed by atoms with Crippen molar-refractivity contribution in [2.24, 2.45) is 0 Å². The summed E-state index contributed by atoms with van der Waals surface area (Å²) >= 11 is 3.47. The molecule has 0 aliphatic rings. The molecule has 0 aromatic heterocycles. The van der Waals surface area contributed by atoms with Crippen LogP contribution in [0.3, 0.4) is 0 Å². The van der Waals surface area contributed by atoms with E-state index in [1.54, 1.807) is 7.11 Å². The van der Waals surface area contributed by atoms with Gasteiger partial charge in [0.15, 0.2) is 0 Å². The molecule has 0 radical (unpaired) electrons. The molecule has 0 atom stereocenters. The van der Waals surface area contributed by atoms with Gasteiger partial charge < -0.3 is 15.0 Å². The molecule has 2 aromatic carbocycles. The van der Waals surface area contributed by atoms with Crippen molar-refractivity contribution in [3.63, 3.8) is 0 Å². The number of methoxy groups -OCH3 is 1. The molecular formula is C21H27BrN2O2. The maximum absolute atomic E-state index is 12.0. The number of hydrogen-bond acceptors (Lipinski definition) is 3. The van der Waals surface area contributed by atoms with E-state index in [-0.39, 0.29) is 5.91 Å². The largest absolute Gasteiger partial charge is 0.496 e. The number of halogens is 1. The van der Waals surface area contributed by atoms with E-state index in [4.69, 9.17) is 4.74 Å². The molecule has 2 aromatic rings. The highest BCUT2D eigenvalue weighted by Gasteiger charge is 2.05. The fourth-order valence-electron chi connectivity index (χ4n) is 2.69. The van der Waals surface area contributed by atoms with Gasteiger partial charge in [-0.25, -0.2) is 0 Å². The number of amides is 1. The van der Waals surface area contributed by atoms with Crippen LogP contribution in [0.2, 0.25) is 0 Å².